The van der Waals surface area contributed by atoms with Gasteiger partial charge in [-0.3, -0.25) is 4.79 Å². The number of amides is 1. The van der Waals surface area contributed by atoms with Crippen molar-refractivity contribution in [1.29, 1.82) is 0 Å². The summed E-state index contributed by atoms with van der Waals surface area (Å²) >= 11 is 0. The molecule has 3 N–H and O–H groups in total. The molecule has 0 saturated carbocycles. The Morgan fingerprint density at radius 3 is 2.89 bits per heavy atom. The van der Waals surface area contributed by atoms with Crippen molar-refractivity contribution in [1.82, 2.24) is 15.3 Å². The van der Waals surface area contributed by atoms with Crippen molar-refractivity contribution >= 4 is 27.7 Å². The average molecular weight is 359 g/mol. The first-order chi connectivity index (χ1) is 13.2. The average Bonchev–Trinajstić information content (AvgIpc) is 3.29. The number of carbonyl (C=O) groups is 1. The Balaban J connectivity index is 1.45. The lowest BCUT2D eigenvalue weighted by Crippen LogP contribution is -2.31. The van der Waals surface area contributed by atoms with Gasteiger partial charge in [-0.1, -0.05) is 18.2 Å². The number of rotatable bonds is 3. The SMILES string of the molecule is COc1ccc2cc(C(=O)N[C@H]3CCCc4c3[nH]c3ccccc43)[nH]c2c1. The molecule has 0 aliphatic heterocycles. The number of aromatic nitrogens is 2. The summed E-state index contributed by atoms with van der Waals surface area (Å²) in [6, 6.07) is 16.0. The van der Waals surface area contributed by atoms with Crippen LogP contribution in [0.15, 0.2) is 48.5 Å². The number of aromatic amines is 2. The van der Waals surface area contributed by atoms with E-state index < -0.39 is 0 Å². The van der Waals surface area contributed by atoms with Crippen LogP contribution in [0.2, 0.25) is 0 Å². The van der Waals surface area contributed by atoms with E-state index in [9.17, 15) is 4.79 Å². The van der Waals surface area contributed by atoms with Gasteiger partial charge >= 0.3 is 0 Å². The normalized spacial score (nSPS) is 16.4. The molecule has 0 bridgehead atoms. The summed E-state index contributed by atoms with van der Waals surface area (Å²) in [5.41, 5.74) is 5.09. The maximum Gasteiger partial charge on any atom is 0.268 e. The molecular formula is C22H21N3O2. The summed E-state index contributed by atoms with van der Waals surface area (Å²) in [5.74, 6) is 0.688. The fourth-order valence-electron chi connectivity index (χ4n) is 4.15. The highest BCUT2D eigenvalue weighted by atomic mass is 16.5. The number of para-hydroxylation sites is 1. The Hall–Kier alpha value is -3.21. The van der Waals surface area contributed by atoms with Crippen molar-refractivity contribution in [3.05, 3.63) is 65.5 Å². The van der Waals surface area contributed by atoms with Crippen LogP contribution in [0.25, 0.3) is 21.8 Å². The number of fused-ring (bicyclic) bond motifs is 4. The summed E-state index contributed by atoms with van der Waals surface area (Å²) in [6.07, 6.45) is 3.07. The summed E-state index contributed by atoms with van der Waals surface area (Å²) < 4.78 is 5.26. The van der Waals surface area contributed by atoms with E-state index in [-0.39, 0.29) is 11.9 Å². The van der Waals surface area contributed by atoms with E-state index in [1.54, 1.807) is 7.11 Å². The van der Waals surface area contributed by atoms with E-state index in [0.717, 1.165) is 47.1 Å². The van der Waals surface area contributed by atoms with Crippen LogP contribution in [-0.2, 0) is 6.42 Å². The van der Waals surface area contributed by atoms with Crippen LogP contribution < -0.4 is 10.1 Å². The smallest absolute Gasteiger partial charge is 0.268 e. The Kier molecular flexibility index (Phi) is 3.67. The molecule has 27 heavy (non-hydrogen) atoms. The first-order valence-corrected chi connectivity index (χ1v) is 9.30. The van der Waals surface area contributed by atoms with E-state index in [1.165, 1.54) is 10.9 Å². The molecule has 5 rings (SSSR count). The summed E-state index contributed by atoms with van der Waals surface area (Å²) in [6.45, 7) is 0. The predicted molar refractivity (Wildman–Crippen MR) is 106 cm³/mol. The van der Waals surface area contributed by atoms with Gasteiger partial charge in [0.1, 0.15) is 11.4 Å². The van der Waals surface area contributed by atoms with Crippen molar-refractivity contribution in [2.75, 3.05) is 7.11 Å². The Morgan fingerprint density at radius 1 is 1.11 bits per heavy atom. The first kappa shape index (κ1) is 16.0. The first-order valence-electron chi connectivity index (χ1n) is 9.30. The van der Waals surface area contributed by atoms with Gasteiger partial charge in [0, 0.05) is 33.6 Å². The van der Waals surface area contributed by atoms with Crippen LogP contribution >= 0.6 is 0 Å². The molecule has 4 aromatic rings. The molecule has 5 nitrogen and oxygen atoms in total. The summed E-state index contributed by atoms with van der Waals surface area (Å²) in [7, 11) is 1.64. The van der Waals surface area contributed by atoms with E-state index in [4.69, 9.17) is 4.74 Å². The minimum atomic E-state index is -0.0818. The number of methoxy groups -OCH3 is 1. The highest BCUT2D eigenvalue weighted by Gasteiger charge is 2.26. The molecule has 1 amide bonds. The number of hydrogen-bond acceptors (Lipinski definition) is 2. The Morgan fingerprint density at radius 2 is 2.00 bits per heavy atom. The zero-order chi connectivity index (χ0) is 18.4. The van der Waals surface area contributed by atoms with Crippen molar-refractivity contribution in [3.63, 3.8) is 0 Å². The van der Waals surface area contributed by atoms with Gasteiger partial charge in [0.05, 0.1) is 13.2 Å². The molecule has 0 radical (unpaired) electrons. The standard InChI is InChI=1S/C22H21N3O2/c1-27-14-10-9-13-11-20(23-19(13)12-14)22(26)25-18-8-4-6-16-15-5-2-3-7-17(15)24-21(16)18/h2-3,5,7,9-12,18,23-24H,4,6,8H2,1H3,(H,25,26)/t18-/m0/s1. The molecule has 0 saturated heterocycles. The highest BCUT2D eigenvalue weighted by molar-refractivity contribution is 5.98. The van der Waals surface area contributed by atoms with Gasteiger partial charge in [-0.25, -0.2) is 0 Å². The van der Waals surface area contributed by atoms with E-state index in [0.29, 0.717) is 5.69 Å². The number of aryl methyl sites for hydroxylation is 1. The van der Waals surface area contributed by atoms with Crippen molar-refractivity contribution < 1.29 is 9.53 Å². The largest absolute Gasteiger partial charge is 0.497 e. The third kappa shape index (κ3) is 2.67. The molecule has 1 aliphatic rings. The van der Waals surface area contributed by atoms with Gasteiger partial charge < -0.3 is 20.0 Å². The van der Waals surface area contributed by atoms with Crippen molar-refractivity contribution in [2.45, 2.75) is 25.3 Å². The highest BCUT2D eigenvalue weighted by Crippen LogP contribution is 2.34. The number of H-pyrrole nitrogens is 2. The van der Waals surface area contributed by atoms with Crippen LogP contribution in [0, 0.1) is 0 Å². The van der Waals surface area contributed by atoms with E-state index in [1.807, 2.05) is 30.3 Å². The molecule has 0 unspecified atom stereocenters. The quantitative estimate of drug-likeness (QED) is 0.505. The van der Waals surface area contributed by atoms with Gasteiger partial charge in [-0.2, -0.15) is 0 Å². The topological polar surface area (TPSA) is 69.9 Å². The van der Waals surface area contributed by atoms with E-state index >= 15 is 0 Å². The summed E-state index contributed by atoms with van der Waals surface area (Å²) in [5, 5.41) is 5.47. The van der Waals surface area contributed by atoms with Crippen LogP contribution in [0.1, 0.15) is 40.6 Å². The minimum absolute atomic E-state index is 0.00889. The molecule has 0 fully saturated rings. The van der Waals surface area contributed by atoms with Gasteiger partial charge in [-0.05, 0) is 49.1 Å². The fourth-order valence-corrected chi connectivity index (χ4v) is 4.15. The van der Waals surface area contributed by atoms with Crippen molar-refractivity contribution in [2.24, 2.45) is 0 Å². The second-order valence-electron chi connectivity index (χ2n) is 7.12. The maximum absolute atomic E-state index is 12.9. The van der Waals surface area contributed by atoms with Crippen molar-refractivity contribution in [3.8, 4) is 5.75 Å². The second-order valence-corrected chi connectivity index (χ2v) is 7.12. The van der Waals surface area contributed by atoms with Gasteiger partial charge in [-0.15, -0.1) is 0 Å². The molecule has 1 aliphatic carbocycles. The molecule has 2 heterocycles. The van der Waals surface area contributed by atoms with Gasteiger partial charge in [0.2, 0.25) is 0 Å². The number of benzene rings is 2. The number of carbonyl (C=O) groups excluding carboxylic acids is 1. The maximum atomic E-state index is 12.9. The lowest BCUT2D eigenvalue weighted by Gasteiger charge is -2.23. The lowest BCUT2D eigenvalue weighted by atomic mass is 9.91. The van der Waals surface area contributed by atoms with Gasteiger partial charge in [0.15, 0.2) is 0 Å². The number of hydrogen-bond donors (Lipinski definition) is 3. The molecule has 2 aromatic carbocycles. The number of ether oxygens (including phenoxy) is 1. The zero-order valence-electron chi connectivity index (χ0n) is 15.1. The fraction of sp³-hybridized carbons (Fsp3) is 0.227. The Bertz CT molecular complexity index is 1160. The minimum Gasteiger partial charge on any atom is -0.497 e. The molecule has 2 aromatic heterocycles. The second kappa shape index (κ2) is 6.20. The summed E-state index contributed by atoms with van der Waals surface area (Å²) in [4.78, 5) is 19.6. The van der Waals surface area contributed by atoms with Crippen LogP contribution in [0.5, 0.6) is 5.75 Å². The molecule has 136 valence electrons. The zero-order valence-corrected chi connectivity index (χ0v) is 15.1. The molecule has 5 heteroatoms. The number of nitrogens with one attached hydrogen (secondary N) is 3. The van der Waals surface area contributed by atoms with Crippen LogP contribution in [0.3, 0.4) is 0 Å². The monoisotopic (exact) mass is 359 g/mol. The lowest BCUT2D eigenvalue weighted by molar-refractivity contribution is 0.0927. The third-order valence-corrected chi connectivity index (χ3v) is 5.49. The molecular weight excluding hydrogens is 338 g/mol. The van der Waals surface area contributed by atoms with Crippen LogP contribution in [-0.4, -0.2) is 23.0 Å². The Labute approximate surface area is 156 Å². The van der Waals surface area contributed by atoms with E-state index in [2.05, 4.69) is 33.5 Å². The molecule has 1 atom stereocenters. The molecule has 0 spiro atoms. The third-order valence-electron chi connectivity index (χ3n) is 5.49. The predicted octanol–water partition coefficient (Wildman–Crippen LogP) is 4.47. The van der Waals surface area contributed by atoms with Crippen LogP contribution in [0.4, 0.5) is 0 Å². The van der Waals surface area contributed by atoms with Gasteiger partial charge in [0.25, 0.3) is 5.91 Å².